The fraction of sp³-hybridized carbons (Fsp3) is 0.667. The molecule has 1 heterocycles. The van der Waals surface area contributed by atoms with Gasteiger partial charge in [-0.3, -0.25) is 0 Å². The van der Waals surface area contributed by atoms with Crippen molar-refractivity contribution in [3.63, 3.8) is 0 Å². The molecule has 0 aromatic carbocycles. The van der Waals surface area contributed by atoms with Gasteiger partial charge in [0.2, 0.25) is 10.0 Å². The zero-order valence-corrected chi connectivity index (χ0v) is 13.8. The van der Waals surface area contributed by atoms with Crippen molar-refractivity contribution >= 4 is 37.3 Å². The maximum absolute atomic E-state index is 11.9. The van der Waals surface area contributed by atoms with Crippen molar-refractivity contribution in [3.05, 3.63) is 15.9 Å². The molecular weight excluding hydrogens is 350 g/mol. The first-order valence-electron chi connectivity index (χ1n) is 6.44. The molecule has 0 saturated heterocycles. The molecule has 1 fully saturated rings. The smallest absolute Gasteiger partial charge is 0.250 e. The number of ether oxygens (including phenoxy) is 1. The highest BCUT2D eigenvalue weighted by Gasteiger charge is 2.17. The predicted octanol–water partition coefficient (Wildman–Crippen LogP) is 3.14. The van der Waals surface area contributed by atoms with Gasteiger partial charge in [-0.2, -0.15) is 0 Å². The summed E-state index contributed by atoms with van der Waals surface area (Å²) < 4.78 is 33.2. The van der Waals surface area contributed by atoms with Crippen molar-refractivity contribution in [1.82, 2.24) is 4.72 Å². The molecule has 0 amide bonds. The average Bonchev–Trinajstić information content (AvgIpc) is 2.84. The minimum Gasteiger partial charge on any atom is -0.377 e. The van der Waals surface area contributed by atoms with E-state index in [4.69, 9.17) is 4.74 Å². The van der Waals surface area contributed by atoms with E-state index in [0.717, 1.165) is 16.6 Å². The summed E-state index contributed by atoms with van der Waals surface area (Å²) in [6.07, 6.45) is 6.25. The maximum atomic E-state index is 11.9. The molecule has 1 aliphatic carbocycles. The molecule has 0 radical (unpaired) electrons. The van der Waals surface area contributed by atoms with E-state index in [1.807, 2.05) is 0 Å². The van der Waals surface area contributed by atoms with Gasteiger partial charge >= 0.3 is 0 Å². The van der Waals surface area contributed by atoms with Crippen LogP contribution in [0.4, 0.5) is 0 Å². The number of hydrogen-bond donors (Lipinski definition) is 1. The Bertz CT molecular complexity index is 495. The largest absolute Gasteiger partial charge is 0.377 e. The number of nitrogens with one attached hydrogen (secondary N) is 1. The average molecular weight is 368 g/mol. The Labute approximate surface area is 126 Å². The highest BCUT2D eigenvalue weighted by molar-refractivity contribution is 9.11. The predicted molar refractivity (Wildman–Crippen MR) is 80.0 cm³/mol. The first kappa shape index (κ1) is 15.4. The van der Waals surface area contributed by atoms with Crippen LogP contribution in [0, 0.1) is 0 Å². The SMILES string of the molecule is O=S(=O)(NCCOC1CCCCC1)c1ccc(Br)s1. The fourth-order valence-electron chi connectivity index (χ4n) is 2.15. The van der Waals surface area contributed by atoms with Crippen LogP contribution >= 0.6 is 27.3 Å². The first-order chi connectivity index (χ1) is 9.08. The van der Waals surface area contributed by atoms with Crippen LogP contribution in [-0.2, 0) is 14.8 Å². The molecule has 0 aliphatic heterocycles. The summed E-state index contributed by atoms with van der Waals surface area (Å²) in [5, 5.41) is 0. The summed E-state index contributed by atoms with van der Waals surface area (Å²) in [5.41, 5.74) is 0. The van der Waals surface area contributed by atoms with Crippen LogP contribution in [0.3, 0.4) is 0 Å². The van der Waals surface area contributed by atoms with Gasteiger partial charge in [0.1, 0.15) is 4.21 Å². The molecule has 0 bridgehead atoms. The van der Waals surface area contributed by atoms with E-state index in [-0.39, 0.29) is 0 Å². The third kappa shape index (κ3) is 4.82. The van der Waals surface area contributed by atoms with E-state index in [1.54, 1.807) is 12.1 Å². The molecular formula is C12H18BrNO3S2. The summed E-state index contributed by atoms with van der Waals surface area (Å²) in [5.74, 6) is 0. The van der Waals surface area contributed by atoms with Gasteiger partial charge < -0.3 is 4.74 Å². The topological polar surface area (TPSA) is 55.4 Å². The lowest BCUT2D eigenvalue weighted by Gasteiger charge is -2.21. The van der Waals surface area contributed by atoms with Crippen LogP contribution in [0.2, 0.25) is 0 Å². The van der Waals surface area contributed by atoms with Crippen molar-refractivity contribution in [2.24, 2.45) is 0 Å². The lowest BCUT2D eigenvalue weighted by atomic mass is 9.98. The number of hydrogen-bond acceptors (Lipinski definition) is 4. The molecule has 7 heteroatoms. The van der Waals surface area contributed by atoms with Crippen LogP contribution in [0.5, 0.6) is 0 Å². The minimum absolute atomic E-state index is 0.314. The van der Waals surface area contributed by atoms with Gasteiger partial charge in [-0.25, -0.2) is 13.1 Å². The van der Waals surface area contributed by atoms with Crippen molar-refractivity contribution in [3.8, 4) is 0 Å². The Balaban J connectivity index is 1.72. The molecule has 19 heavy (non-hydrogen) atoms. The first-order valence-corrected chi connectivity index (χ1v) is 9.54. The van der Waals surface area contributed by atoms with Crippen LogP contribution in [0.1, 0.15) is 32.1 Å². The number of rotatable bonds is 6. The van der Waals surface area contributed by atoms with Crippen LogP contribution in [0.15, 0.2) is 20.1 Å². The second-order valence-electron chi connectivity index (χ2n) is 4.59. The Hall–Kier alpha value is 0.0500. The molecule has 4 nitrogen and oxygen atoms in total. The van der Waals surface area contributed by atoms with Gasteiger partial charge in [0.05, 0.1) is 16.5 Å². The van der Waals surface area contributed by atoms with E-state index < -0.39 is 10.0 Å². The van der Waals surface area contributed by atoms with E-state index in [0.29, 0.717) is 23.5 Å². The normalized spacial score (nSPS) is 17.7. The third-order valence-corrected chi connectivity index (χ3v) is 6.69. The molecule has 1 N–H and O–H groups in total. The number of sulfonamides is 1. The second-order valence-corrected chi connectivity index (χ2v) is 9.04. The van der Waals surface area contributed by atoms with Crippen LogP contribution in [-0.4, -0.2) is 27.7 Å². The van der Waals surface area contributed by atoms with Crippen molar-refractivity contribution < 1.29 is 13.2 Å². The monoisotopic (exact) mass is 367 g/mol. The summed E-state index contributed by atoms with van der Waals surface area (Å²) in [4.78, 5) is 0. The van der Waals surface area contributed by atoms with Gasteiger partial charge in [0, 0.05) is 6.54 Å². The maximum Gasteiger partial charge on any atom is 0.250 e. The summed E-state index contributed by atoms with van der Waals surface area (Å²) >= 11 is 4.47. The Morgan fingerprint density at radius 1 is 1.32 bits per heavy atom. The van der Waals surface area contributed by atoms with Crippen LogP contribution < -0.4 is 4.72 Å². The Morgan fingerprint density at radius 3 is 2.68 bits per heavy atom. The van der Waals surface area contributed by atoms with E-state index in [1.165, 1.54) is 30.6 Å². The minimum atomic E-state index is -3.38. The lowest BCUT2D eigenvalue weighted by molar-refractivity contribution is 0.0321. The Morgan fingerprint density at radius 2 is 2.05 bits per heavy atom. The zero-order valence-electron chi connectivity index (χ0n) is 10.6. The van der Waals surface area contributed by atoms with Gasteiger partial charge in [0.15, 0.2) is 0 Å². The molecule has 1 aromatic rings. The Kier molecular flexibility index (Phi) is 5.83. The fourth-order valence-corrected chi connectivity index (χ4v) is 5.21. The zero-order chi connectivity index (χ0) is 13.7. The summed E-state index contributed by atoms with van der Waals surface area (Å²) in [6.45, 7) is 0.769. The number of halogens is 1. The van der Waals surface area contributed by atoms with Gasteiger partial charge in [-0.1, -0.05) is 19.3 Å². The molecule has 1 aliphatic rings. The van der Waals surface area contributed by atoms with E-state index in [9.17, 15) is 8.42 Å². The van der Waals surface area contributed by atoms with E-state index in [2.05, 4.69) is 20.7 Å². The lowest BCUT2D eigenvalue weighted by Crippen LogP contribution is -2.29. The van der Waals surface area contributed by atoms with Crippen molar-refractivity contribution in [2.45, 2.75) is 42.4 Å². The van der Waals surface area contributed by atoms with Gasteiger partial charge in [-0.05, 0) is 40.9 Å². The third-order valence-electron chi connectivity index (χ3n) is 3.11. The molecule has 0 spiro atoms. The quantitative estimate of drug-likeness (QED) is 0.785. The molecule has 108 valence electrons. The molecule has 2 rings (SSSR count). The number of thiophene rings is 1. The van der Waals surface area contributed by atoms with Gasteiger partial charge in [0.25, 0.3) is 0 Å². The van der Waals surface area contributed by atoms with Crippen molar-refractivity contribution in [1.29, 1.82) is 0 Å². The molecule has 1 saturated carbocycles. The standard InChI is InChI=1S/C12H18BrNO3S2/c13-11-6-7-12(18-11)19(15,16)14-8-9-17-10-4-2-1-3-5-10/h6-7,10,14H,1-5,8-9H2. The summed E-state index contributed by atoms with van der Waals surface area (Å²) in [6, 6.07) is 3.33. The van der Waals surface area contributed by atoms with E-state index >= 15 is 0 Å². The van der Waals surface area contributed by atoms with Crippen molar-refractivity contribution in [2.75, 3.05) is 13.2 Å². The highest BCUT2D eigenvalue weighted by atomic mass is 79.9. The second kappa shape index (κ2) is 7.17. The summed E-state index contributed by atoms with van der Waals surface area (Å²) in [7, 11) is -3.38. The molecule has 0 unspecified atom stereocenters. The van der Waals surface area contributed by atoms with Gasteiger partial charge in [-0.15, -0.1) is 11.3 Å². The van der Waals surface area contributed by atoms with Crippen LogP contribution in [0.25, 0.3) is 0 Å². The highest BCUT2D eigenvalue weighted by Crippen LogP contribution is 2.25. The molecule has 0 atom stereocenters. The molecule has 1 aromatic heterocycles.